The third-order valence-corrected chi connectivity index (χ3v) is 2.23. The highest BCUT2D eigenvalue weighted by molar-refractivity contribution is 5.67. The maximum absolute atomic E-state index is 10.6. The summed E-state index contributed by atoms with van der Waals surface area (Å²) >= 11 is 0. The van der Waals surface area contributed by atoms with Crippen molar-refractivity contribution in [1.29, 1.82) is 0 Å². The van der Waals surface area contributed by atoms with Crippen LogP contribution in [0.4, 0.5) is 5.95 Å². The largest absolute Gasteiger partial charge is 0.481 e. The fourth-order valence-electron chi connectivity index (χ4n) is 1.42. The first-order valence-corrected chi connectivity index (χ1v) is 5.99. The second-order valence-corrected chi connectivity index (χ2v) is 4.08. The van der Waals surface area contributed by atoms with Gasteiger partial charge in [0.15, 0.2) is 0 Å². The van der Waals surface area contributed by atoms with Crippen LogP contribution in [0.5, 0.6) is 5.88 Å². The van der Waals surface area contributed by atoms with E-state index in [1.807, 2.05) is 20.8 Å². The minimum Gasteiger partial charge on any atom is -0.481 e. The molecular weight excluding hydrogens is 234 g/mol. The average molecular weight is 253 g/mol. The molecule has 0 saturated heterocycles. The summed E-state index contributed by atoms with van der Waals surface area (Å²) in [6.45, 7) is 6.81. The minimum absolute atomic E-state index is 0.0434. The zero-order chi connectivity index (χ0) is 13.5. The van der Waals surface area contributed by atoms with Gasteiger partial charge in [-0.05, 0) is 20.8 Å². The highest BCUT2D eigenvalue weighted by atomic mass is 16.5. The van der Waals surface area contributed by atoms with Crippen LogP contribution in [0.15, 0.2) is 12.3 Å². The lowest BCUT2D eigenvalue weighted by molar-refractivity contribution is -0.136. The number of ether oxygens (including phenoxy) is 1. The monoisotopic (exact) mass is 253 g/mol. The van der Waals surface area contributed by atoms with Crippen LogP contribution < -0.4 is 9.64 Å². The van der Waals surface area contributed by atoms with Gasteiger partial charge in [0.05, 0.1) is 12.5 Å². The smallest absolute Gasteiger partial charge is 0.305 e. The molecule has 18 heavy (non-hydrogen) atoms. The van der Waals surface area contributed by atoms with Crippen molar-refractivity contribution in [2.45, 2.75) is 33.3 Å². The lowest BCUT2D eigenvalue weighted by Gasteiger charge is -2.20. The van der Waals surface area contributed by atoms with Gasteiger partial charge in [-0.15, -0.1) is 0 Å². The third-order valence-electron chi connectivity index (χ3n) is 2.23. The molecule has 0 atom stereocenters. The van der Waals surface area contributed by atoms with E-state index in [2.05, 4.69) is 9.97 Å². The number of anilines is 1. The van der Waals surface area contributed by atoms with Gasteiger partial charge in [-0.2, -0.15) is 4.98 Å². The zero-order valence-electron chi connectivity index (χ0n) is 11.0. The molecule has 0 bridgehead atoms. The van der Waals surface area contributed by atoms with Crippen molar-refractivity contribution < 1.29 is 14.6 Å². The van der Waals surface area contributed by atoms with Gasteiger partial charge >= 0.3 is 5.97 Å². The van der Waals surface area contributed by atoms with Crippen LogP contribution in [0, 0.1) is 0 Å². The number of nitrogens with zero attached hydrogens (tertiary/aromatic N) is 3. The molecule has 0 radical (unpaired) electrons. The Bertz CT molecular complexity index is 396. The van der Waals surface area contributed by atoms with Crippen molar-refractivity contribution >= 4 is 11.9 Å². The van der Waals surface area contributed by atoms with Crippen molar-refractivity contribution in [3.63, 3.8) is 0 Å². The summed E-state index contributed by atoms with van der Waals surface area (Å²) in [5.41, 5.74) is 0. The lowest BCUT2D eigenvalue weighted by atomic mass is 10.4. The molecule has 0 saturated carbocycles. The van der Waals surface area contributed by atoms with Gasteiger partial charge in [0, 0.05) is 25.4 Å². The van der Waals surface area contributed by atoms with Crippen LogP contribution in [0.2, 0.25) is 0 Å². The predicted molar refractivity (Wildman–Crippen MR) is 67.9 cm³/mol. The zero-order valence-corrected chi connectivity index (χ0v) is 11.0. The normalized spacial score (nSPS) is 10.4. The molecule has 0 aliphatic heterocycles. The van der Waals surface area contributed by atoms with E-state index in [0.29, 0.717) is 24.9 Å². The second-order valence-electron chi connectivity index (χ2n) is 4.08. The molecular formula is C12H19N3O3. The molecule has 0 aromatic carbocycles. The summed E-state index contributed by atoms with van der Waals surface area (Å²) in [7, 11) is 0. The van der Waals surface area contributed by atoms with E-state index in [1.54, 1.807) is 17.2 Å². The van der Waals surface area contributed by atoms with Gasteiger partial charge in [0.2, 0.25) is 11.8 Å². The molecule has 1 aromatic rings. The van der Waals surface area contributed by atoms with Crippen molar-refractivity contribution in [2.24, 2.45) is 0 Å². The minimum atomic E-state index is -0.831. The first kappa shape index (κ1) is 14.2. The molecule has 100 valence electrons. The molecule has 1 aromatic heterocycles. The molecule has 6 nitrogen and oxygen atoms in total. The standard InChI is InChI=1S/C12H19N3O3/c1-4-15(8-6-11(16)17)12-13-7-5-10(14-12)18-9(2)3/h5,7,9H,4,6,8H2,1-3H3,(H,16,17). The van der Waals surface area contributed by atoms with Crippen molar-refractivity contribution in [1.82, 2.24) is 9.97 Å². The topological polar surface area (TPSA) is 75.6 Å². The van der Waals surface area contributed by atoms with E-state index in [0.717, 1.165) is 0 Å². The molecule has 0 aliphatic rings. The summed E-state index contributed by atoms with van der Waals surface area (Å²) in [5.74, 6) is 0.170. The fraction of sp³-hybridized carbons (Fsp3) is 0.583. The summed E-state index contributed by atoms with van der Waals surface area (Å²) in [4.78, 5) is 20.8. The van der Waals surface area contributed by atoms with Crippen LogP contribution >= 0.6 is 0 Å². The first-order chi connectivity index (χ1) is 8.52. The van der Waals surface area contributed by atoms with Crippen LogP contribution in [-0.2, 0) is 4.79 Å². The lowest BCUT2D eigenvalue weighted by Crippen LogP contribution is -2.27. The summed E-state index contributed by atoms with van der Waals surface area (Å²) in [6, 6.07) is 1.69. The van der Waals surface area contributed by atoms with Crippen LogP contribution in [0.25, 0.3) is 0 Å². The summed E-state index contributed by atoms with van der Waals surface area (Å²) < 4.78 is 5.48. The summed E-state index contributed by atoms with van der Waals surface area (Å²) in [5, 5.41) is 8.69. The van der Waals surface area contributed by atoms with Gasteiger partial charge in [0.25, 0.3) is 0 Å². The van der Waals surface area contributed by atoms with E-state index in [4.69, 9.17) is 9.84 Å². The third kappa shape index (κ3) is 4.57. The van der Waals surface area contributed by atoms with Crippen LogP contribution in [0.1, 0.15) is 27.2 Å². The quantitative estimate of drug-likeness (QED) is 0.794. The number of carboxylic acids is 1. The Morgan fingerprint density at radius 1 is 1.56 bits per heavy atom. The Labute approximate surface area is 107 Å². The molecule has 0 unspecified atom stereocenters. The highest BCUT2D eigenvalue weighted by Crippen LogP contribution is 2.14. The maximum Gasteiger partial charge on any atom is 0.305 e. The molecule has 6 heteroatoms. The van der Waals surface area contributed by atoms with Gasteiger partial charge in [-0.1, -0.05) is 0 Å². The molecule has 1 heterocycles. The van der Waals surface area contributed by atoms with Gasteiger partial charge in [0.1, 0.15) is 0 Å². The number of rotatable bonds is 7. The highest BCUT2D eigenvalue weighted by Gasteiger charge is 2.11. The molecule has 1 N–H and O–H groups in total. The Hall–Kier alpha value is -1.85. The van der Waals surface area contributed by atoms with Crippen molar-refractivity contribution in [2.75, 3.05) is 18.0 Å². The van der Waals surface area contributed by atoms with E-state index < -0.39 is 5.97 Å². The van der Waals surface area contributed by atoms with Crippen molar-refractivity contribution in [3.8, 4) is 5.88 Å². The van der Waals surface area contributed by atoms with E-state index in [9.17, 15) is 4.79 Å². The molecule has 0 spiro atoms. The Kier molecular flexibility index (Phi) is 5.35. The van der Waals surface area contributed by atoms with E-state index in [-0.39, 0.29) is 12.5 Å². The molecule has 0 amide bonds. The van der Waals surface area contributed by atoms with Crippen molar-refractivity contribution in [3.05, 3.63) is 12.3 Å². The Balaban J connectivity index is 2.75. The predicted octanol–water partition coefficient (Wildman–Crippen LogP) is 1.56. The van der Waals surface area contributed by atoms with Crippen LogP contribution in [0.3, 0.4) is 0 Å². The number of aromatic nitrogens is 2. The van der Waals surface area contributed by atoms with Gasteiger partial charge in [-0.25, -0.2) is 4.98 Å². The van der Waals surface area contributed by atoms with Gasteiger partial charge in [-0.3, -0.25) is 4.79 Å². The first-order valence-electron chi connectivity index (χ1n) is 5.99. The second kappa shape index (κ2) is 6.78. The number of hydrogen-bond donors (Lipinski definition) is 1. The SMILES string of the molecule is CCN(CCC(=O)O)c1nccc(OC(C)C)n1. The fourth-order valence-corrected chi connectivity index (χ4v) is 1.42. The van der Waals surface area contributed by atoms with E-state index >= 15 is 0 Å². The number of carbonyl (C=O) groups is 1. The Morgan fingerprint density at radius 3 is 2.83 bits per heavy atom. The number of hydrogen-bond acceptors (Lipinski definition) is 5. The molecule has 1 rings (SSSR count). The number of aliphatic carboxylic acids is 1. The maximum atomic E-state index is 10.6. The number of carboxylic acid groups (broad SMARTS) is 1. The van der Waals surface area contributed by atoms with Gasteiger partial charge < -0.3 is 14.7 Å². The molecule has 0 aliphatic carbocycles. The van der Waals surface area contributed by atoms with E-state index in [1.165, 1.54) is 0 Å². The average Bonchev–Trinajstić information content (AvgIpc) is 2.29. The Morgan fingerprint density at radius 2 is 2.28 bits per heavy atom. The molecule has 0 fully saturated rings. The van der Waals surface area contributed by atoms with Crippen LogP contribution in [-0.4, -0.2) is 40.2 Å². The summed E-state index contributed by atoms with van der Waals surface area (Å²) in [6.07, 6.45) is 1.72.